The molecule has 0 aliphatic rings. The quantitative estimate of drug-likeness (QED) is 0.298. The normalized spacial score (nSPS) is 10.1. The minimum Gasteiger partial charge on any atom is -0.308 e. The number of aryl methyl sites for hydroxylation is 1. The maximum Gasteiger partial charge on any atom is 0.142 e. The number of aliphatic imine (C=N–C) groups is 1. The Labute approximate surface area is 83.8 Å². The standard InChI is InChI=1S/C9H13N3.CH2O/c1-7-5-3-4-6-8(7)9(11-2)12-10;1-2/h3-6H,10H2,1-2H3,(H,11,12);1H2. The van der Waals surface area contributed by atoms with Gasteiger partial charge in [-0.25, -0.2) is 5.84 Å². The van der Waals surface area contributed by atoms with Gasteiger partial charge in [-0.1, -0.05) is 24.3 Å². The highest BCUT2D eigenvalue weighted by Crippen LogP contribution is 2.06. The van der Waals surface area contributed by atoms with Gasteiger partial charge in [0.2, 0.25) is 0 Å². The van der Waals surface area contributed by atoms with Crippen molar-refractivity contribution >= 4 is 12.6 Å². The summed E-state index contributed by atoms with van der Waals surface area (Å²) < 4.78 is 0. The summed E-state index contributed by atoms with van der Waals surface area (Å²) in [6, 6.07) is 7.96. The van der Waals surface area contributed by atoms with E-state index in [9.17, 15) is 0 Å². The van der Waals surface area contributed by atoms with Gasteiger partial charge < -0.3 is 10.2 Å². The van der Waals surface area contributed by atoms with Gasteiger partial charge in [-0.15, -0.1) is 0 Å². The predicted molar refractivity (Wildman–Crippen MR) is 58.1 cm³/mol. The number of hydrogen-bond acceptors (Lipinski definition) is 3. The van der Waals surface area contributed by atoms with Crippen molar-refractivity contribution in [1.29, 1.82) is 0 Å². The van der Waals surface area contributed by atoms with E-state index >= 15 is 0 Å². The van der Waals surface area contributed by atoms with E-state index in [2.05, 4.69) is 10.4 Å². The van der Waals surface area contributed by atoms with Crippen molar-refractivity contribution in [2.24, 2.45) is 10.8 Å². The van der Waals surface area contributed by atoms with Gasteiger partial charge in [-0.2, -0.15) is 0 Å². The van der Waals surface area contributed by atoms with Crippen molar-refractivity contribution in [1.82, 2.24) is 5.43 Å². The van der Waals surface area contributed by atoms with Crippen LogP contribution in [-0.4, -0.2) is 19.7 Å². The molecule has 1 aromatic rings. The van der Waals surface area contributed by atoms with E-state index in [-0.39, 0.29) is 0 Å². The largest absolute Gasteiger partial charge is 0.308 e. The van der Waals surface area contributed by atoms with E-state index in [0.29, 0.717) is 5.84 Å². The molecular formula is C10H15N3O. The molecule has 0 saturated heterocycles. The monoisotopic (exact) mass is 193 g/mol. The van der Waals surface area contributed by atoms with Crippen LogP contribution in [0, 0.1) is 6.92 Å². The summed E-state index contributed by atoms with van der Waals surface area (Å²) in [7, 11) is 1.71. The third-order valence-corrected chi connectivity index (χ3v) is 1.76. The lowest BCUT2D eigenvalue weighted by molar-refractivity contribution is -0.0979. The summed E-state index contributed by atoms with van der Waals surface area (Å²) in [5.41, 5.74) is 4.77. The number of nitrogens with one attached hydrogen (secondary N) is 1. The first-order chi connectivity index (χ1) is 6.79. The van der Waals surface area contributed by atoms with Gasteiger partial charge in [0.25, 0.3) is 0 Å². The molecule has 0 aliphatic heterocycles. The molecule has 4 nitrogen and oxygen atoms in total. The van der Waals surface area contributed by atoms with Gasteiger partial charge in [-0.3, -0.25) is 4.99 Å². The van der Waals surface area contributed by atoms with E-state index in [1.807, 2.05) is 38.0 Å². The maximum absolute atomic E-state index is 8.00. The zero-order valence-electron chi connectivity index (χ0n) is 8.45. The van der Waals surface area contributed by atoms with Gasteiger partial charge in [0.15, 0.2) is 0 Å². The lowest BCUT2D eigenvalue weighted by Gasteiger charge is -2.06. The van der Waals surface area contributed by atoms with Crippen molar-refractivity contribution in [3.8, 4) is 0 Å². The van der Waals surface area contributed by atoms with Crippen LogP contribution < -0.4 is 11.3 Å². The molecule has 4 heteroatoms. The molecule has 1 rings (SSSR count). The van der Waals surface area contributed by atoms with E-state index < -0.39 is 0 Å². The van der Waals surface area contributed by atoms with Crippen LogP contribution in [0.3, 0.4) is 0 Å². The average molecular weight is 193 g/mol. The smallest absolute Gasteiger partial charge is 0.142 e. The van der Waals surface area contributed by atoms with Crippen LogP contribution in [0.1, 0.15) is 11.1 Å². The van der Waals surface area contributed by atoms with Gasteiger partial charge in [-0.05, 0) is 12.5 Å². The summed E-state index contributed by atoms with van der Waals surface area (Å²) >= 11 is 0. The third kappa shape index (κ3) is 2.99. The second-order valence-electron chi connectivity index (χ2n) is 2.53. The summed E-state index contributed by atoms with van der Waals surface area (Å²) in [5.74, 6) is 6.02. The average Bonchev–Trinajstić information content (AvgIpc) is 2.25. The van der Waals surface area contributed by atoms with Crippen LogP contribution in [-0.2, 0) is 4.79 Å². The van der Waals surface area contributed by atoms with Crippen LogP contribution >= 0.6 is 0 Å². The summed E-state index contributed by atoms with van der Waals surface area (Å²) in [5, 5.41) is 0. The minimum atomic E-state index is 0.716. The predicted octanol–water partition coefficient (Wildman–Crippen LogP) is 0.650. The number of hydrogen-bond donors (Lipinski definition) is 2. The van der Waals surface area contributed by atoms with Crippen LogP contribution in [0.15, 0.2) is 29.3 Å². The lowest BCUT2D eigenvalue weighted by atomic mass is 10.1. The summed E-state index contributed by atoms with van der Waals surface area (Å²) in [4.78, 5) is 12.0. The Kier molecular flexibility index (Phi) is 5.98. The van der Waals surface area contributed by atoms with E-state index in [1.54, 1.807) is 7.05 Å². The molecule has 14 heavy (non-hydrogen) atoms. The summed E-state index contributed by atoms with van der Waals surface area (Å²) in [6.07, 6.45) is 0. The maximum atomic E-state index is 8.00. The molecule has 0 aromatic heterocycles. The zero-order valence-corrected chi connectivity index (χ0v) is 8.45. The highest BCUT2D eigenvalue weighted by Gasteiger charge is 2.01. The van der Waals surface area contributed by atoms with Crippen molar-refractivity contribution < 1.29 is 4.79 Å². The molecule has 1 aromatic carbocycles. The molecule has 76 valence electrons. The van der Waals surface area contributed by atoms with Crippen molar-refractivity contribution in [3.05, 3.63) is 35.4 Å². The Morgan fingerprint density at radius 2 is 2.00 bits per heavy atom. The number of rotatable bonds is 1. The summed E-state index contributed by atoms with van der Waals surface area (Å²) in [6.45, 7) is 4.03. The molecule has 0 bridgehead atoms. The number of carbonyl (C=O) groups excluding carboxylic acids is 1. The van der Waals surface area contributed by atoms with Gasteiger partial charge in [0.05, 0.1) is 0 Å². The van der Waals surface area contributed by atoms with Crippen LogP contribution in [0.2, 0.25) is 0 Å². The number of benzene rings is 1. The number of nitrogens with zero attached hydrogens (tertiary/aromatic N) is 1. The van der Waals surface area contributed by atoms with Crippen LogP contribution in [0.25, 0.3) is 0 Å². The van der Waals surface area contributed by atoms with Crippen molar-refractivity contribution in [2.75, 3.05) is 7.05 Å². The Balaban J connectivity index is 0.000000791. The molecule has 0 fully saturated rings. The fraction of sp³-hybridized carbons (Fsp3) is 0.200. The minimum absolute atomic E-state index is 0.716. The molecule has 0 radical (unpaired) electrons. The molecule has 0 heterocycles. The Bertz CT molecular complexity index is 310. The first-order valence-corrected chi connectivity index (χ1v) is 4.08. The number of hydrazine groups is 1. The van der Waals surface area contributed by atoms with Crippen molar-refractivity contribution in [3.63, 3.8) is 0 Å². The highest BCUT2D eigenvalue weighted by atomic mass is 16.1. The fourth-order valence-electron chi connectivity index (χ4n) is 1.10. The van der Waals surface area contributed by atoms with Crippen LogP contribution in [0.5, 0.6) is 0 Å². The highest BCUT2D eigenvalue weighted by molar-refractivity contribution is 5.99. The van der Waals surface area contributed by atoms with Gasteiger partial charge in [0.1, 0.15) is 12.6 Å². The Morgan fingerprint density at radius 3 is 2.43 bits per heavy atom. The second kappa shape index (κ2) is 6.80. The second-order valence-corrected chi connectivity index (χ2v) is 2.53. The Hall–Kier alpha value is -1.68. The number of nitrogens with two attached hydrogens (primary N) is 1. The van der Waals surface area contributed by atoms with E-state index in [1.165, 1.54) is 0 Å². The fourth-order valence-corrected chi connectivity index (χ4v) is 1.10. The molecule has 0 aliphatic carbocycles. The van der Waals surface area contributed by atoms with Gasteiger partial charge in [0, 0.05) is 12.6 Å². The third-order valence-electron chi connectivity index (χ3n) is 1.76. The van der Waals surface area contributed by atoms with Crippen LogP contribution in [0.4, 0.5) is 0 Å². The molecule has 0 saturated carbocycles. The topological polar surface area (TPSA) is 67.5 Å². The zero-order chi connectivity index (χ0) is 11.0. The molecule has 0 atom stereocenters. The number of carbonyl (C=O) groups is 1. The first kappa shape index (κ1) is 12.3. The van der Waals surface area contributed by atoms with Gasteiger partial charge >= 0.3 is 0 Å². The molecule has 0 unspecified atom stereocenters. The lowest BCUT2D eigenvalue weighted by Crippen LogP contribution is -2.31. The molecule has 0 spiro atoms. The first-order valence-electron chi connectivity index (χ1n) is 4.08. The van der Waals surface area contributed by atoms with E-state index in [0.717, 1.165) is 11.1 Å². The molecular weight excluding hydrogens is 178 g/mol. The SMILES string of the molecule is C=O.CN=C(NN)c1ccccc1C. The molecule has 3 N–H and O–H groups in total. The van der Waals surface area contributed by atoms with Crippen molar-refractivity contribution in [2.45, 2.75) is 6.92 Å². The molecule has 0 amide bonds. The number of amidine groups is 1. The van der Waals surface area contributed by atoms with E-state index in [4.69, 9.17) is 10.6 Å². The Morgan fingerprint density at radius 1 is 1.43 bits per heavy atom.